The number of ether oxygens (including phenoxy) is 2. The number of rotatable bonds is 29. The maximum Gasteiger partial charge on any atom is 0.320 e. The molecule has 6 heteroatoms. The van der Waals surface area contributed by atoms with Crippen LogP contribution in [0.2, 0.25) is 0 Å². The van der Waals surface area contributed by atoms with Gasteiger partial charge < -0.3 is 9.47 Å². The normalized spacial score (nSPS) is 11.4. The van der Waals surface area contributed by atoms with Crippen molar-refractivity contribution in [2.75, 3.05) is 40.3 Å². The number of unbranched alkanes of at least 4 members (excludes halogenated alkanes) is 16. The molecule has 0 radical (unpaired) electrons. The molecule has 0 aromatic heterocycles. The lowest BCUT2D eigenvalue weighted by Crippen LogP contribution is -2.28. The number of carbonyl (C=O) groups is 2. The molecule has 0 saturated carbocycles. The molecule has 0 amide bonds. The molecule has 0 aliphatic rings. The molecule has 6 nitrogen and oxygen atoms in total. The van der Waals surface area contributed by atoms with Crippen LogP contribution in [0.3, 0.4) is 0 Å². The van der Waals surface area contributed by atoms with Crippen molar-refractivity contribution in [1.29, 1.82) is 0 Å². The second-order valence-corrected chi connectivity index (χ2v) is 13.9. The Hall–Kier alpha value is -2.70. The number of carbonyl (C=O) groups excluding carboxylic acids is 2. The average Bonchev–Trinajstić information content (AvgIpc) is 3.08. The third-order valence-corrected chi connectivity index (χ3v) is 9.07. The van der Waals surface area contributed by atoms with Gasteiger partial charge in [0.2, 0.25) is 0 Å². The van der Waals surface area contributed by atoms with E-state index in [1.807, 2.05) is 38.4 Å². The Morgan fingerprint density at radius 3 is 1.19 bits per heavy atom. The molecule has 0 aliphatic heterocycles. The second-order valence-electron chi connectivity index (χ2n) is 13.9. The van der Waals surface area contributed by atoms with Crippen LogP contribution in [0.25, 0.3) is 11.1 Å². The topological polar surface area (TPSA) is 59.1 Å². The van der Waals surface area contributed by atoms with E-state index in [2.05, 4.69) is 47.9 Å². The van der Waals surface area contributed by atoms with Gasteiger partial charge in [-0.2, -0.15) is 0 Å². The summed E-state index contributed by atoms with van der Waals surface area (Å²) in [7, 11) is 3.99. The number of nitrogens with zero attached hydrogens (tertiary/aromatic N) is 2. The summed E-state index contributed by atoms with van der Waals surface area (Å²) in [6.45, 7) is 7.48. The molecule has 0 heterocycles. The first-order valence-corrected chi connectivity index (χ1v) is 19.3. The van der Waals surface area contributed by atoms with E-state index >= 15 is 0 Å². The van der Waals surface area contributed by atoms with Crippen molar-refractivity contribution < 1.29 is 19.1 Å². The summed E-state index contributed by atoms with van der Waals surface area (Å²) in [6, 6.07) is 16.2. The van der Waals surface area contributed by atoms with Crippen LogP contribution in [-0.2, 0) is 32.3 Å². The molecule has 2 aromatic carbocycles. The van der Waals surface area contributed by atoms with Gasteiger partial charge in [0, 0.05) is 0 Å². The highest BCUT2D eigenvalue weighted by molar-refractivity contribution is 5.72. The first-order valence-electron chi connectivity index (χ1n) is 19.3. The Balaban J connectivity index is 1.65. The summed E-state index contributed by atoms with van der Waals surface area (Å²) >= 11 is 0. The molecule has 0 atom stereocenters. The lowest BCUT2D eigenvalue weighted by molar-refractivity contribution is -0.146. The number of hydrogen-bond acceptors (Lipinski definition) is 6. The van der Waals surface area contributed by atoms with Crippen molar-refractivity contribution in [1.82, 2.24) is 9.80 Å². The van der Waals surface area contributed by atoms with Crippen LogP contribution < -0.4 is 0 Å². The Labute approximate surface area is 294 Å². The average molecular weight is 665 g/mol. The van der Waals surface area contributed by atoms with Crippen molar-refractivity contribution >= 4 is 11.9 Å². The summed E-state index contributed by atoms with van der Waals surface area (Å²) in [5.41, 5.74) is 3.99. The number of hydrogen-bond donors (Lipinski definition) is 0. The molecule has 0 bridgehead atoms. The molecule has 0 fully saturated rings. The van der Waals surface area contributed by atoms with Gasteiger partial charge in [-0.3, -0.25) is 19.4 Å². The number of benzene rings is 2. The van der Waals surface area contributed by atoms with Gasteiger partial charge >= 0.3 is 11.9 Å². The van der Waals surface area contributed by atoms with E-state index in [-0.39, 0.29) is 25.2 Å². The van der Waals surface area contributed by atoms with Crippen LogP contribution in [0, 0.1) is 0 Å². The molecule has 0 unspecified atom stereocenters. The molecule has 48 heavy (non-hydrogen) atoms. The van der Waals surface area contributed by atoms with Crippen molar-refractivity contribution in [3.05, 3.63) is 59.7 Å². The van der Waals surface area contributed by atoms with Gasteiger partial charge in [0.05, 0.1) is 13.1 Å². The van der Waals surface area contributed by atoms with Crippen LogP contribution in [-0.4, -0.2) is 62.0 Å². The van der Waals surface area contributed by atoms with E-state index in [1.165, 1.54) is 103 Å². The predicted octanol–water partition coefficient (Wildman–Crippen LogP) is 10.4. The number of likely N-dealkylation sites (N-methyl/N-ethyl adjacent to an activating group) is 2. The fourth-order valence-electron chi connectivity index (χ4n) is 6.08. The minimum absolute atomic E-state index is 0.193. The van der Waals surface area contributed by atoms with E-state index < -0.39 is 0 Å². The van der Waals surface area contributed by atoms with Crippen LogP contribution >= 0.6 is 0 Å². The van der Waals surface area contributed by atoms with Gasteiger partial charge in [-0.05, 0) is 74.4 Å². The van der Waals surface area contributed by atoms with Crippen LogP contribution in [0.15, 0.2) is 48.5 Å². The van der Waals surface area contributed by atoms with Crippen LogP contribution in [0.4, 0.5) is 0 Å². The monoisotopic (exact) mass is 665 g/mol. The minimum atomic E-state index is -0.193. The molecule has 270 valence electrons. The van der Waals surface area contributed by atoms with E-state index in [1.54, 1.807) is 0 Å². The Morgan fingerprint density at radius 1 is 0.500 bits per heavy atom. The van der Waals surface area contributed by atoms with Crippen molar-refractivity contribution in [2.24, 2.45) is 0 Å². The first-order chi connectivity index (χ1) is 23.4. The lowest BCUT2D eigenvalue weighted by Gasteiger charge is -2.16. The maximum atomic E-state index is 12.5. The Bertz CT molecular complexity index is 1030. The zero-order valence-corrected chi connectivity index (χ0v) is 31.1. The molecular weight excluding hydrogens is 596 g/mol. The van der Waals surface area contributed by atoms with E-state index in [0.29, 0.717) is 13.1 Å². The predicted molar refractivity (Wildman–Crippen MR) is 201 cm³/mol. The molecule has 0 aliphatic carbocycles. The lowest BCUT2D eigenvalue weighted by atomic mass is 10.0. The van der Waals surface area contributed by atoms with E-state index in [9.17, 15) is 9.59 Å². The van der Waals surface area contributed by atoms with Crippen molar-refractivity contribution in [2.45, 2.75) is 143 Å². The van der Waals surface area contributed by atoms with Gasteiger partial charge in [0.25, 0.3) is 0 Å². The van der Waals surface area contributed by atoms with Gasteiger partial charge in [-0.15, -0.1) is 0 Å². The van der Waals surface area contributed by atoms with Crippen molar-refractivity contribution in [3.63, 3.8) is 0 Å². The molecule has 0 saturated heterocycles. The standard InChI is InChI=1S/C42H68N2O4/c1-5-7-9-11-13-15-17-19-21-29-43(3)33-41(45)47-35-37-25-23-27-39(31-37)40-28-24-26-38(32-40)36-48-42(46)34-44(4)30-22-20-18-16-14-12-10-8-6-2/h23-28,31-32H,5-22,29-30,33-36H2,1-4H3. The summed E-state index contributed by atoms with van der Waals surface area (Å²) in [5.74, 6) is -0.386. The highest BCUT2D eigenvalue weighted by Crippen LogP contribution is 2.23. The smallest absolute Gasteiger partial charge is 0.320 e. The summed E-state index contributed by atoms with van der Waals surface area (Å²) in [5, 5.41) is 0. The largest absolute Gasteiger partial charge is 0.460 e. The quantitative estimate of drug-likeness (QED) is 0.0637. The van der Waals surface area contributed by atoms with E-state index in [4.69, 9.17) is 9.47 Å². The third-order valence-electron chi connectivity index (χ3n) is 9.07. The zero-order chi connectivity index (χ0) is 34.7. The Morgan fingerprint density at radius 2 is 0.833 bits per heavy atom. The maximum absolute atomic E-state index is 12.5. The Kier molecular flexibility index (Phi) is 23.5. The van der Waals surface area contributed by atoms with Gasteiger partial charge in [-0.25, -0.2) is 0 Å². The zero-order valence-electron chi connectivity index (χ0n) is 31.1. The van der Waals surface area contributed by atoms with Crippen molar-refractivity contribution in [3.8, 4) is 11.1 Å². The van der Waals surface area contributed by atoms with E-state index in [0.717, 1.165) is 48.2 Å². The molecule has 2 rings (SSSR count). The number of esters is 2. The molecular formula is C42H68N2O4. The van der Waals surface area contributed by atoms with Crippen LogP contribution in [0.1, 0.15) is 141 Å². The van der Waals surface area contributed by atoms with Crippen LogP contribution in [0.5, 0.6) is 0 Å². The molecule has 2 aromatic rings. The highest BCUT2D eigenvalue weighted by Gasteiger charge is 2.11. The summed E-state index contributed by atoms with van der Waals surface area (Å²) < 4.78 is 11.2. The molecule has 0 N–H and O–H groups in total. The molecule has 0 spiro atoms. The summed E-state index contributed by atoms with van der Waals surface area (Å²) in [4.78, 5) is 29.1. The van der Waals surface area contributed by atoms with Gasteiger partial charge in [0.15, 0.2) is 0 Å². The minimum Gasteiger partial charge on any atom is -0.460 e. The fraction of sp³-hybridized carbons (Fsp3) is 0.667. The SMILES string of the molecule is CCCCCCCCCCCN(C)CC(=O)OCc1cccc(-c2cccc(COC(=O)CN(C)CCCCCCCCCCC)c2)c1. The third kappa shape index (κ3) is 20.6. The fourth-order valence-corrected chi connectivity index (χ4v) is 6.08. The highest BCUT2D eigenvalue weighted by atomic mass is 16.5. The van der Waals surface area contributed by atoms with Gasteiger partial charge in [0.1, 0.15) is 13.2 Å². The summed E-state index contributed by atoms with van der Waals surface area (Å²) in [6.07, 6.45) is 23.4. The van der Waals surface area contributed by atoms with Gasteiger partial charge in [-0.1, -0.05) is 153 Å². The first kappa shape index (κ1) is 41.5. The second kappa shape index (κ2) is 27.2.